The van der Waals surface area contributed by atoms with Crippen molar-refractivity contribution in [3.05, 3.63) is 202 Å². The second-order valence-electron chi connectivity index (χ2n) is 16.4. The van der Waals surface area contributed by atoms with E-state index in [1.807, 2.05) is 72.8 Å². The molecule has 11 aromatic rings. The van der Waals surface area contributed by atoms with Crippen LogP contribution in [0, 0.1) is 0 Å². The second-order valence-corrected chi connectivity index (χ2v) is 16.4. The first-order chi connectivity index (χ1) is 30.0. The van der Waals surface area contributed by atoms with Gasteiger partial charge in [0.25, 0.3) is 0 Å². The predicted octanol–water partition coefficient (Wildman–Crippen LogP) is 10.6. The largest absolute Gasteiger partial charge is 0.508 e. The van der Waals surface area contributed by atoms with Crippen molar-refractivity contribution in [2.45, 2.75) is 24.4 Å². The van der Waals surface area contributed by atoms with Crippen molar-refractivity contribution in [3.8, 4) is 23.0 Å². The normalized spacial score (nSPS) is 14.1. The monoisotopic (exact) mass is 814 g/mol. The maximum atomic E-state index is 12.5. The van der Waals surface area contributed by atoms with Crippen LogP contribution in [-0.2, 0) is 0 Å². The van der Waals surface area contributed by atoms with Gasteiger partial charge in [-0.25, -0.2) is 0 Å². The third-order valence-electron chi connectivity index (χ3n) is 12.6. The quantitative estimate of drug-likeness (QED) is 0.0555. The fourth-order valence-corrected chi connectivity index (χ4v) is 9.56. The van der Waals surface area contributed by atoms with Gasteiger partial charge in [0.15, 0.2) is 0 Å². The molecule has 0 aliphatic heterocycles. The van der Waals surface area contributed by atoms with Crippen LogP contribution in [0.3, 0.4) is 0 Å². The number of hydrogen-bond acceptors (Lipinski definition) is 8. The van der Waals surface area contributed by atoms with Gasteiger partial charge in [-0.3, -0.25) is 0 Å². The molecule has 4 unspecified atom stereocenters. The van der Waals surface area contributed by atoms with Gasteiger partial charge in [0.05, 0.1) is 0 Å². The Hall–Kier alpha value is -7.46. The summed E-state index contributed by atoms with van der Waals surface area (Å²) in [4.78, 5) is 0. The predicted molar refractivity (Wildman–Crippen MR) is 243 cm³/mol. The molecule has 11 aromatic carbocycles. The number of phenols is 4. The molecule has 0 bridgehead atoms. The van der Waals surface area contributed by atoms with E-state index in [2.05, 4.69) is 0 Å². The van der Waals surface area contributed by atoms with Crippen molar-refractivity contribution >= 4 is 64.6 Å². The van der Waals surface area contributed by atoms with E-state index in [1.165, 1.54) is 36.4 Å². The summed E-state index contributed by atoms with van der Waals surface area (Å²) in [6.45, 7) is 0. The van der Waals surface area contributed by atoms with Crippen molar-refractivity contribution in [3.63, 3.8) is 0 Å². The van der Waals surface area contributed by atoms with Crippen molar-refractivity contribution in [2.75, 3.05) is 0 Å². The number of aliphatic hydroxyl groups excluding tert-OH is 4. The molecule has 0 saturated carbocycles. The molecule has 302 valence electrons. The highest BCUT2D eigenvalue weighted by atomic mass is 16.3. The van der Waals surface area contributed by atoms with Gasteiger partial charge in [-0.2, -0.15) is 0 Å². The summed E-state index contributed by atoms with van der Waals surface area (Å²) in [5.41, 5.74) is 4.58. The van der Waals surface area contributed by atoms with E-state index in [0.29, 0.717) is 55.3 Å². The molecule has 0 amide bonds. The first-order valence-electron chi connectivity index (χ1n) is 20.3. The average Bonchev–Trinajstić information content (AvgIpc) is 3.29. The SMILES string of the molecule is Oc1ccc(C(O)c2cc3c(C(O)c4ccc(O)cc4)cc4ccc5cc(C(O)c6ccc7cc(O)ccc7c6)c6cc(C(O)c7ccc(O)cc7)cc7c(c2)c3c4c5c67)cc1. The highest BCUT2D eigenvalue weighted by Gasteiger charge is 2.28. The van der Waals surface area contributed by atoms with Crippen molar-refractivity contribution < 1.29 is 40.9 Å². The average molecular weight is 815 g/mol. The molecular weight excluding hydrogens is 777 g/mol. The van der Waals surface area contributed by atoms with Crippen LogP contribution in [0.1, 0.15) is 68.9 Å². The molecule has 0 aromatic heterocycles. The number of rotatable bonds is 8. The van der Waals surface area contributed by atoms with Gasteiger partial charge in [-0.05, 0) is 200 Å². The van der Waals surface area contributed by atoms with Gasteiger partial charge in [0.1, 0.15) is 47.4 Å². The van der Waals surface area contributed by atoms with Crippen LogP contribution in [0.4, 0.5) is 0 Å². The summed E-state index contributed by atoms with van der Waals surface area (Å²) in [7, 11) is 0. The molecule has 0 aliphatic rings. The Balaban J connectivity index is 1.26. The fourth-order valence-electron chi connectivity index (χ4n) is 9.56. The lowest BCUT2D eigenvalue weighted by Crippen LogP contribution is -2.07. The molecule has 0 aliphatic carbocycles. The van der Waals surface area contributed by atoms with Crippen LogP contribution < -0.4 is 0 Å². The number of fused-ring (bicyclic) bond motifs is 2. The van der Waals surface area contributed by atoms with Gasteiger partial charge in [-0.1, -0.05) is 66.7 Å². The fraction of sp³-hybridized carbons (Fsp3) is 0.0741. The summed E-state index contributed by atoms with van der Waals surface area (Å²) in [5, 5.41) is 99.2. The van der Waals surface area contributed by atoms with E-state index in [1.54, 1.807) is 48.5 Å². The number of hydrogen-bond donors (Lipinski definition) is 8. The summed E-state index contributed by atoms with van der Waals surface area (Å²) < 4.78 is 0. The number of aromatic hydroxyl groups is 4. The van der Waals surface area contributed by atoms with Gasteiger partial charge in [-0.15, -0.1) is 0 Å². The molecule has 11 rings (SSSR count). The lowest BCUT2D eigenvalue weighted by molar-refractivity contribution is 0.219. The molecule has 62 heavy (non-hydrogen) atoms. The van der Waals surface area contributed by atoms with E-state index >= 15 is 0 Å². The minimum atomic E-state index is -1.13. The standard InChI is InChI=1S/C54H38O8/c55-37-12-5-27(6-13-37)51(59)35-23-41-42-24-36(52(60)28-7-14-38(56)15-8-28)26-44-46(54(62)34-4-1-31-20-40(58)18-11-30(31)19-34)22-33-3-2-32-21-45(53(61)29-9-16-39(57)17-10-29)43(25-35)49(41)47(32)48(33)50(42)44/h1-26,51-62H. The Bertz CT molecular complexity index is 3510. The van der Waals surface area contributed by atoms with Crippen LogP contribution in [0.25, 0.3) is 64.6 Å². The highest BCUT2D eigenvalue weighted by Crippen LogP contribution is 2.51. The van der Waals surface area contributed by atoms with Gasteiger partial charge in [0.2, 0.25) is 0 Å². The van der Waals surface area contributed by atoms with Gasteiger partial charge >= 0.3 is 0 Å². The van der Waals surface area contributed by atoms with Crippen molar-refractivity contribution in [2.24, 2.45) is 0 Å². The van der Waals surface area contributed by atoms with Gasteiger partial charge in [0, 0.05) is 0 Å². The van der Waals surface area contributed by atoms with Crippen LogP contribution in [0.5, 0.6) is 23.0 Å². The van der Waals surface area contributed by atoms with Crippen molar-refractivity contribution in [1.29, 1.82) is 0 Å². The van der Waals surface area contributed by atoms with E-state index < -0.39 is 24.4 Å². The maximum absolute atomic E-state index is 12.5. The van der Waals surface area contributed by atoms with E-state index in [4.69, 9.17) is 0 Å². The molecular formula is C54H38O8. The van der Waals surface area contributed by atoms with Crippen LogP contribution in [0.15, 0.2) is 158 Å². The van der Waals surface area contributed by atoms with E-state index in [-0.39, 0.29) is 23.0 Å². The zero-order chi connectivity index (χ0) is 42.6. The lowest BCUT2D eigenvalue weighted by Gasteiger charge is -2.26. The zero-order valence-electron chi connectivity index (χ0n) is 32.9. The van der Waals surface area contributed by atoms with Crippen LogP contribution in [0.2, 0.25) is 0 Å². The third-order valence-corrected chi connectivity index (χ3v) is 12.6. The Kier molecular flexibility index (Phi) is 8.51. The van der Waals surface area contributed by atoms with Crippen molar-refractivity contribution in [1.82, 2.24) is 0 Å². The zero-order valence-corrected chi connectivity index (χ0v) is 32.9. The Morgan fingerprint density at radius 2 is 0.581 bits per heavy atom. The van der Waals surface area contributed by atoms with E-state index in [9.17, 15) is 40.9 Å². The molecule has 4 atom stereocenters. The molecule has 0 fully saturated rings. The van der Waals surface area contributed by atoms with Crippen LogP contribution >= 0.6 is 0 Å². The summed E-state index contributed by atoms with van der Waals surface area (Å²) in [6, 6.07) is 45.7. The first-order valence-corrected chi connectivity index (χ1v) is 20.3. The summed E-state index contributed by atoms with van der Waals surface area (Å²) in [5.74, 6) is 0.348. The van der Waals surface area contributed by atoms with Gasteiger partial charge < -0.3 is 40.9 Å². The lowest BCUT2D eigenvalue weighted by atomic mass is 9.79. The molecule has 0 saturated heterocycles. The Morgan fingerprint density at radius 3 is 1.05 bits per heavy atom. The van der Waals surface area contributed by atoms with E-state index in [0.717, 1.165) is 53.9 Å². The summed E-state index contributed by atoms with van der Waals surface area (Å²) >= 11 is 0. The highest BCUT2D eigenvalue weighted by molar-refractivity contribution is 6.40. The minimum Gasteiger partial charge on any atom is -0.508 e. The Morgan fingerprint density at radius 1 is 0.242 bits per heavy atom. The molecule has 0 radical (unpaired) electrons. The molecule has 0 heterocycles. The summed E-state index contributed by atoms with van der Waals surface area (Å²) in [6.07, 6.45) is -4.48. The minimum absolute atomic E-state index is 0.0633. The molecule has 0 spiro atoms. The first kappa shape index (κ1) is 37.5. The molecule has 8 nitrogen and oxygen atoms in total. The van der Waals surface area contributed by atoms with Crippen LogP contribution in [-0.4, -0.2) is 40.9 Å². The third kappa shape index (κ3) is 5.92. The Labute approximate surface area is 354 Å². The second kappa shape index (κ2) is 14.1. The topological polar surface area (TPSA) is 162 Å². The number of aliphatic hydroxyl groups is 4. The number of phenolic OH excluding ortho intramolecular Hbond substituents is 4. The molecule has 8 N–H and O–H groups in total. The smallest absolute Gasteiger partial charge is 0.116 e. The maximum Gasteiger partial charge on any atom is 0.116 e. The number of benzene rings is 11. The molecule has 8 heteroatoms.